The maximum atomic E-state index is 12.1. The molecule has 1 aromatic heterocycles. The summed E-state index contributed by atoms with van der Waals surface area (Å²) in [5, 5.41) is 0. The van der Waals surface area contributed by atoms with Crippen LogP contribution in [0, 0.1) is 0 Å². The van der Waals surface area contributed by atoms with Crippen molar-refractivity contribution in [2.75, 3.05) is 5.73 Å². The molecule has 1 rings (SSSR count). The molecule has 0 aliphatic heterocycles. The highest BCUT2D eigenvalue weighted by atomic mass is 19.4. The van der Waals surface area contributed by atoms with E-state index in [1.807, 2.05) is 0 Å². The average molecular weight is 207 g/mol. The minimum atomic E-state index is -4.44. The van der Waals surface area contributed by atoms with Gasteiger partial charge in [-0.2, -0.15) is 13.2 Å². The van der Waals surface area contributed by atoms with Crippen LogP contribution in [0.5, 0.6) is 5.88 Å². The summed E-state index contributed by atoms with van der Waals surface area (Å²) in [6.45, 7) is 0.869. The standard InChI is InChI=1S/C7H8F3N3O/c1-4(7(8,9)10)14-6-5(11)12-2-3-13-6/h2-4H,1H3,(H2,11,12). The molecule has 78 valence electrons. The fourth-order valence-corrected chi connectivity index (χ4v) is 0.661. The van der Waals surface area contributed by atoms with Crippen molar-refractivity contribution in [2.24, 2.45) is 0 Å². The Morgan fingerprint density at radius 3 is 2.43 bits per heavy atom. The van der Waals surface area contributed by atoms with Crippen molar-refractivity contribution in [3.05, 3.63) is 12.4 Å². The summed E-state index contributed by atoms with van der Waals surface area (Å²) in [6, 6.07) is 0. The van der Waals surface area contributed by atoms with E-state index in [0.29, 0.717) is 0 Å². The summed E-state index contributed by atoms with van der Waals surface area (Å²) >= 11 is 0. The Bertz CT molecular complexity index is 315. The first-order valence-electron chi connectivity index (χ1n) is 3.71. The highest BCUT2D eigenvalue weighted by Crippen LogP contribution is 2.25. The molecule has 0 aliphatic rings. The molecule has 0 spiro atoms. The summed E-state index contributed by atoms with van der Waals surface area (Å²) in [4.78, 5) is 7.06. The number of halogens is 3. The molecule has 1 aromatic rings. The third-order valence-corrected chi connectivity index (χ3v) is 1.44. The number of nitrogens with zero attached hydrogens (tertiary/aromatic N) is 2. The van der Waals surface area contributed by atoms with Crippen molar-refractivity contribution in [1.82, 2.24) is 9.97 Å². The highest BCUT2D eigenvalue weighted by Gasteiger charge is 2.38. The quantitative estimate of drug-likeness (QED) is 0.795. The van der Waals surface area contributed by atoms with Crippen LogP contribution in [0.1, 0.15) is 6.92 Å². The predicted octanol–water partition coefficient (Wildman–Crippen LogP) is 1.39. The van der Waals surface area contributed by atoms with Crippen molar-refractivity contribution < 1.29 is 17.9 Å². The lowest BCUT2D eigenvalue weighted by Gasteiger charge is -2.16. The number of anilines is 1. The van der Waals surface area contributed by atoms with Gasteiger partial charge in [-0.1, -0.05) is 0 Å². The van der Waals surface area contributed by atoms with Crippen LogP contribution in [-0.2, 0) is 0 Å². The van der Waals surface area contributed by atoms with Crippen molar-refractivity contribution in [2.45, 2.75) is 19.2 Å². The second-order valence-electron chi connectivity index (χ2n) is 2.55. The molecular formula is C7H8F3N3O. The zero-order chi connectivity index (χ0) is 10.8. The second kappa shape index (κ2) is 3.69. The number of ether oxygens (including phenoxy) is 1. The van der Waals surface area contributed by atoms with E-state index >= 15 is 0 Å². The van der Waals surface area contributed by atoms with Crippen LogP contribution in [0.3, 0.4) is 0 Å². The number of nitrogens with two attached hydrogens (primary N) is 1. The Balaban J connectivity index is 2.75. The monoisotopic (exact) mass is 207 g/mol. The van der Waals surface area contributed by atoms with Gasteiger partial charge in [-0.3, -0.25) is 0 Å². The molecule has 0 saturated carbocycles. The van der Waals surface area contributed by atoms with Gasteiger partial charge < -0.3 is 10.5 Å². The van der Waals surface area contributed by atoms with E-state index in [4.69, 9.17) is 5.73 Å². The van der Waals surface area contributed by atoms with Gasteiger partial charge in [0.1, 0.15) is 0 Å². The fourth-order valence-electron chi connectivity index (χ4n) is 0.661. The van der Waals surface area contributed by atoms with Crippen LogP contribution in [0.25, 0.3) is 0 Å². The minimum absolute atomic E-state index is 0.163. The van der Waals surface area contributed by atoms with E-state index in [1.54, 1.807) is 0 Å². The largest absolute Gasteiger partial charge is 0.462 e. The maximum absolute atomic E-state index is 12.1. The molecule has 0 amide bonds. The average Bonchev–Trinajstić information content (AvgIpc) is 2.07. The normalized spacial score (nSPS) is 13.7. The van der Waals surface area contributed by atoms with Crippen molar-refractivity contribution in [3.8, 4) is 5.88 Å². The van der Waals surface area contributed by atoms with Gasteiger partial charge >= 0.3 is 6.18 Å². The smallest absolute Gasteiger partial charge is 0.425 e. The number of aromatic nitrogens is 2. The second-order valence-corrected chi connectivity index (χ2v) is 2.55. The van der Waals surface area contributed by atoms with Gasteiger partial charge in [0.05, 0.1) is 0 Å². The predicted molar refractivity (Wildman–Crippen MR) is 42.6 cm³/mol. The van der Waals surface area contributed by atoms with Gasteiger partial charge in [0.15, 0.2) is 11.9 Å². The molecule has 4 nitrogen and oxygen atoms in total. The highest BCUT2D eigenvalue weighted by molar-refractivity contribution is 5.38. The van der Waals surface area contributed by atoms with E-state index in [-0.39, 0.29) is 11.7 Å². The third-order valence-electron chi connectivity index (χ3n) is 1.44. The molecule has 1 heterocycles. The van der Waals surface area contributed by atoms with E-state index in [1.165, 1.54) is 12.4 Å². The minimum Gasteiger partial charge on any atom is -0.462 e. The molecule has 1 unspecified atom stereocenters. The number of hydrogen-bond donors (Lipinski definition) is 1. The van der Waals surface area contributed by atoms with Gasteiger partial charge in [0.2, 0.25) is 0 Å². The molecule has 0 radical (unpaired) electrons. The van der Waals surface area contributed by atoms with Crippen molar-refractivity contribution in [1.29, 1.82) is 0 Å². The Kier molecular flexibility index (Phi) is 2.78. The number of rotatable bonds is 2. The van der Waals surface area contributed by atoms with E-state index in [2.05, 4.69) is 14.7 Å². The van der Waals surface area contributed by atoms with Gasteiger partial charge in [0.25, 0.3) is 5.88 Å². The Labute approximate surface area is 77.9 Å². The summed E-state index contributed by atoms with van der Waals surface area (Å²) in [5.41, 5.74) is 5.25. The zero-order valence-electron chi connectivity index (χ0n) is 7.25. The molecule has 2 N–H and O–H groups in total. The Hall–Kier alpha value is -1.53. The number of nitrogen functional groups attached to an aromatic ring is 1. The first kappa shape index (κ1) is 10.6. The molecule has 0 fully saturated rings. The molecule has 0 bridgehead atoms. The lowest BCUT2D eigenvalue weighted by Crippen LogP contribution is -2.31. The van der Waals surface area contributed by atoms with Crippen molar-refractivity contribution >= 4 is 5.82 Å². The van der Waals surface area contributed by atoms with Crippen LogP contribution in [0.2, 0.25) is 0 Å². The number of alkyl halides is 3. The Morgan fingerprint density at radius 1 is 1.36 bits per heavy atom. The van der Waals surface area contributed by atoms with E-state index in [0.717, 1.165) is 6.92 Å². The van der Waals surface area contributed by atoms with Crippen LogP contribution in [0.15, 0.2) is 12.4 Å². The lowest BCUT2D eigenvalue weighted by molar-refractivity contribution is -0.189. The molecule has 0 aromatic carbocycles. The fraction of sp³-hybridized carbons (Fsp3) is 0.429. The van der Waals surface area contributed by atoms with E-state index in [9.17, 15) is 13.2 Å². The molecule has 1 atom stereocenters. The SMILES string of the molecule is CC(Oc1nccnc1N)C(F)(F)F. The molecule has 7 heteroatoms. The summed E-state index contributed by atoms with van der Waals surface area (Å²) < 4.78 is 40.6. The number of hydrogen-bond acceptors (Lipinski definition) is 4. The lowest BCUT2D eigenvalue weighted by atomic mass is 10.4. The van der Waals surface area contributed by atoms with Crippen LogP contribution >= 0.6 is 0 Å². The summed E-state index contributed by atoms with van der Waals surface area (Å²) in [5.74, 6) is -0.471. The molecule has 14 heavy (non-hydrogen) atoms. The first-order valence-corrected chi connectivity index (χ1v) is 3.71. The van der Waals surface area contributed by atoms with Crippen LogP contribution in [-0.4, -0.2) is 22.2 Å². The summed E-state index contributed by atoms with van der Waals surface area (Å²) in [6.07, 6.45) is -3.93. The molecule has 0 aliphatic carbocycles. The Morgan fingerprint density at radius 2 is 1.93 bits per heavy atom. The first-order chi connectivity index (χ1) is 6.41. The summed E-state index contributed by atoms with van der Waals surface area (Å²) in [7, 11) is 0. The molecular weight excluding hydrogens is 199 g/mol. The van der Waals surface area contributed by atoms with Crippen LogP contribution < -0.4 is 10.5 Å². The van der Waals surface area contributed by atoms with Crippen LogP contribution in [0.4, 0.5) is 19.0 Å². The maximum Gasteiger partial charge on any atom is 0.425 e. The van der Waals surface area contributed by atoms with Gasteiger partial charge in [-0.05, 0) is 6.92 Å². The van der Waals surface area contributed by atoms with E-state index < -0.39 is 12.3 Å². The van der Waals surface area contributed by atoms with Gasteiger partial charge in [-0.15, -0.1) is 0 Å². The van der Waals surface area contributed by atoms with Crippen molar-refractivity contribution in [3.63, 3.8) is 0 Å². The topological polar surface area (TPSA) is 61.0 Å². The molecule has 0 saturated heterocycles. The zero-order valence-corrected chi connectivity index (χ0v) is 7.25. The van der Waals surface area contributed by atoms with Gasteiger partial charge in [-0.25, -0.2) is 9.97 Å². The third kappa shape index (κ3) is 2.48. The van der Waals surface area contributed by atoms with Gasteiger partial charge in [0, 0.05) is 12.4 Å².